The minimum Gasteiger partial charge on any atom is -0.490 e. The van der Waals surface area contributed by atoms with Gasteiger partial charge in [-0.1, -0.05) is 15.9 Å². The predicted molar refractivity (Wildman–Crippen MR) is 108 cm³/mol. The van der Waals surface area contributed by atoms with Gasteiger partial charge in [0.1, 0.15) is 0 Å². The number of carbonyl (C=O) groups excluding carboxylic acids is 2. The highest BCUT2D eigenvalue weighted by molar-refractivity contribution is 9.10. The van der Waals surface area contributed by atoms with E-state index >= 15 is 0 Å². The number of methoxy groups -OCH3 is 1. The number of halogens is 1. The molecule has 8 nitrogen and oxygen atoms in total. The number of hydrogen-bond acceptors (Lipinski definition) is 7. The van der Waals surface area contributed by atoms with Crippen LogP contribution in [0.3, 0.4) is 0 Å². The average Bonchev–Trinajstić information content (AvgIpc) is 2.90. The third kappa shape index (κ3) is 5.73. The number of ether oxygens (including phenoxy) is 3. The molecule has 0 radical (unpaired) electrons. The van der Waals surface area contributed by atoms with Crippen molar-refractivity contribution in [2.75, 3.05) is 33.5 Å². The fourth-order valence-corrected chi connectivity index (χ4v) is 3.68. The van der Waals surface area contributed by atoms with Crippen LogP contribution in [0.4, 0.5) is 4.79 Å². The van der Waals surface area contributed by atoms with Crippen LogP contribution >= 0.6 is 27.7 Å². The zero-order chi connectivity index (χ0) is 20.7. The van der Waals surface area contributed by atoms with Crippen LogP contribution in [0, 0.1) is 0 Å². The van der Waals surface area contributed by atoms with Crippen molar-refractivity contribution >= 4 is 50.9 Å². The number of thioether (sulfide) groups is 1. The Bertz CT molecular complexity index is 796. The van der Waals surface area contributed by atoms with E-state index in [1.165, 1.54) is 4.90 Å². The third-order valence-electron chi connectivity index (χ3n) is 3.60. The first kappa shape index (κ1) is 22.3. The van der Waals surface area contributed by atoms with E-state index in [1.807, 2.05) is 0 Å². The van der Waals surface area contributed by atoms with Gasteiger partial charge in [-0.2, -0.15) is 0 Å². The third-order valence-corrected chi connectivity index (χ3v) is 5.20. The molecule has 0 saturated carbocycles. The van der Waals surface area contributed by atoms with Crippen molar-refractivity contribution in [1.82, 2.24) is 4.90 Å². The van der Waals surface area contributed by atoms with Crippen LogP contribution in [0.25, 0.3) is 6.08 Å². The van der Waals surface area contributed by atoms with Crippen LogP contribution in [0.5, 0.6) is 11.5 Å². The molecule has 28 heavy (non-hydrogen) atoms. The molecule has 2 rings (SSSR count). The molecule has 1 fully saturated rings. The molecule has 1 aliphatic rings. The maximum Gasteiger partial charge on any atom is 0.341 e. The molecule has 1 aromatic carbocycles. The van der Waals surface area contributed by atoms with E-state index in [2.05, 4.69) is 15.9 Å². The van der Waals surface area contributed by atoms with Crippen molar-refractivity contribution in [3.8, 4) is 11.5 Å². The highest BCUT2D eigenvalue weighted by Crippen LogP contribution is 2.38. The Morgan fingerprint density at radius 1 is 1.29 bits per heavy atom. The number of carbonyl (C=O) groups is 3. The van der Waals surface area contributed by atoms with Crippen molar-refractivity contribution in [3.05, 3.63) is 27.1 Å². The summed E-state index contributed by atoms with van der Waals surface area (Å²) in [7, 11) is 1.56. The van der Waals surface area contributed by atoms with Gasteiger partial charge in [0.2, 0.25) is 0 Å². The Kier molecular flexibility index (Phi) is 8.34. The maximum absolute atomic E-state index is 12.5. The Hall–Kier alpha value is -2.04. The molecule has 152 valence electrons. The molecule has 0 spiro atoms. The number of carboxylic acid groups (broad SMARTS) is 1. The topological polar surface area (TPSA) is 102 Å². The molecule has 0 atom stereocenters. The number of aliphatic carboxylic acids is 1. The zero-order valence-electron chi connectivity index (χ0n) is 15.4. The summed E-state index contributed by atoms with van der Waals surface area (Å²) in [6.07, 6.45) is 2.16. The summed E-state index contributed by atoms with van der Waals surface area (Å²) in [6.45, 7) is 2.38. The fraction of sp³-hybridized carbons (Fsp3) is 0.389. The molecule has 0 bridgehead atoms. The van der Waals surface area contributed by atoms with Crippen molar-refractivity contribution in [1.29, 1.82) is 0 Å². The molecule has 1 aromatic rings. The first-order valence-electron chi connectivity index (χ1n) is 8.42. The van der Waals surface area contributed by atoms with Gasteiger partial charge in [0, 0.05) is 24.7 Å². The summed E-state index contributed by atoms with van der Waals surface area (Å²) in [5, 5.41) is 8.47. The Balaban J connectivity index is 2.26. The van der Waals surface area contributed by atoms with E-state index in [9.17, 15) is 14.4 Å². The van der Waals surface area contributed by atoms with Gasteiger partial charge in [-0.15, -0.1) is 0 Å². The quantitative estimate of drug-likeness (QED) is 0.407. The van der Waals surface area contributed by atoms with E-state index < -0.39 is 12.6 Å². The van der Waals surface area contributed by atoms with Crippen LogP contribution in [-0.4, -0.2) is 60.6 Å². The molecule has 1 aliphatic heterocycles. The van der Waals surface area contributed by atoms with Crippen molar-refractivity contribution in [2.24, 2.45) is 0 Å². The summed E-state index contributed by atoms with van der Waals surface area (Å²) in [6, 6.07) is 3.20. The summed E-state index contributed by atoms with van der Waals surface area (Å²) >= 11 is 4.25. The molecule has 1 heterocycles. The van der Waals surface area contributed by atoms with Crippen LogP contribution in [0.15, 0.2) is 21.5 Å². The van der Waals surface area contributed by atoms with Crippen molar-refractivity contribution in [2.45, 2.75) is 13.3 Å². The molecule has 0 aliphatic carbocycles. The predicted octanol–water partition coefficient (Wildman–Crippen LogP) is 3.38. The lowest BCUT2D eigenvalue weighted by Crippen LogP contribution is -2.29. The number of carboxylic acids is 1. The lowest BCUT2D eigenvalue weighted by atomic mass is 10.1. The number of rotatable bonds is 10. The van der Waals surface area contributed by atoms with E-state index in [0.717, 1.165) is 11.8 Å². The van der Waals surface area contributed by atoms with Gasteiger partial charge in [-0.3, -0.25) is 14.5 Å². The molecule has 1 N–H and O–H groups in total. The van der Waals surface area contributed by atoms with Crippen LogP contribution in [0.2, 0.25) is 0 Å². The molecule has 0 aromatic heterocycles. The second-order valence-corrected chi connectivity index (χ2v) is 7.46. The van der Waals surface area contributed by atoms with Gasteiger partial charge in [-0.25, -0.2) is 4.79 Å². The van der Waals surface area contributed by atoms with E-state index in [-0.39, 0.29) is 16.9 Å². The van der Waals surface area contributed by atoms with Crippen LogP contribution in [-0.2, 0) is 14.3 Å². The molecule has 1 saturated heterocycles. The molecular weight excluding hydrogens is 454 g/mol. The Morgan fingerprint density at radius 2 is 2.00 bits per heavy atom. The largest absolute Gasteiger partial charge is 0.490 e. The smallest absolute Gasteiger partial charge is 0.341 e. The Labute approximate surface area is 174 Å². The number of hydrogen-bond donors (Lipinski definition) is 1. The van der Waals surface area contributed by atoms with E-state index in [0.29, 0.717) is 46.9 Å². The van der Waals surface area contributed by atoms with Gasteiger partial charge in [0.05, 0.1) is 11.5 Å². The molecule has 0 unspecified atom stereocenters. The average molecular weight is 474 g/mol. The van der Waals surface area contributed by atoms with E-state index in [4.69, 9.17) is 19.3 Å². The molecule has 2 amide bonds. The lowest BCUT2D eigenvalue weighted by Gasteiger charge is -2.13. The summed E-state index contributed by atoms with van der Waals surface area (Å²) in [4.78, 5) is 36.9. The molecule has 10 heteroatoms. The summed E-state index contributed by atoms with van der Waals surface area (Å²) in [5.41, 5.74) is 0.605. The van der Waals surface area contributed by atoms with Gasteiger partial charge in [0.25, 0.3) is 11.1 Å². The van der Waals surface area contributed by atoms with Gasteiger partial charge in [0.15, 0.2) is 18.1 Å². The maximum atomic E-state index is 12.5. The molecular formula is C18H20BrNO7S. The van der Waals surface area contributed by atoms with Crippen LogP contribution < -0.4 is 9.47 Å². The number of amides is 2. The van der Waals surface area contributed by atoms with Crippen LogP contribution in [0.1, 0.15) is 18.9 Å². The minimum absolute atomic E-state index is 0.265. The normalized spacial score (nSPS) is 15.4. The number of imide groups is 1. The van der Waals surface area contributed by atoms with Crippen molar-refractivity contribution < 1.29 is 33.7 Å². The van der Waals surface area contributed by atoms with Gasteiger partial charge < -0.3 is 19.3 Å². The Morgan fingerprint density at radius 3 is 2.64 bits per heavy atom. The number of nitrogens with zero attached hydrogens (tertiary/aromatic N) is 1. The SMILES string of the molecule is CCOc1cc(/C=C2/SC(=O)N(CCCOC)C2=O)c(Br)cc1OCC(=O)O. The monoisotopic (exact) mass is 473 g/mol. The first-order valence-corrected chi connectivity index (χ1v) is 10.0. The second kappa shape index (κ2) is 10.5. The summed E-state index contributed by atoms with van der Waals surface area (Å²) in [5.74, 6) is -0.856. The van der Waals surface area contributed by atoms with Gasteiger partial charge in [-0.05, 0) is 48.9 Å². The van der Waals surface area contributed by atoms with Crippen molar-refractivity contribution in [3.63, 3.8) is 0 Å². The lowest BCUT2D eigenvalue weighted by molar-refractivity contribution is -0.139. The second-order valence-electron chi connectivity index (χ2n) is 5.62. The first-order chi connectivity index (χ1) is 13.4. The van der Waals surface area contributed by atoms with Gasteiger partial charge >= 0.3 is 5.97 Å². The fourth-order valence-electron chi connectivity index (χ4n) is 2.38. The number of benzene rings is 1. The highest BCUT2D eigenvalue weighted by atomic mass is 79.9. The minimum atomic E-state index is -1.11. The summed E-state index contributed by atoms with van der Waals surface area (Å²) < 4.78 is 16.3. The van der Waals surface area contributed by atoms with E-state index in [1.54, 1.807) is 32.2 Å². The standard InChI is InChI=1S/C18H20BrNO7S/c1-3-26-13-7-11(12(19)9-14(13)27-10-16(21)22)8-15-17(23)20(18(24)28-15)5-4-6-25-2/h7-9H,3-6,10H2,1-2H3,(H,21,22)/b15-8+. The zero-order valence-corrected chi connectivity index (χ0v) is 17.8. The highest BCUT2D eigenvalue weighted by Gasteiger charge is 2.34.